The van der Waals surface area contributed by atoms with E-state index in [-0.39, 0.29) is 12.1 Å². The summed E-state index contributed by atoms with van der Waals surface area (Å²) in [5, 5.41) is 3.67. The summed E-state index contributed by atoms with van der Waals surface area (Å²) in [6.07, 6.45) is 3.74. The first-order chi connectivity index (χ1) is 10.1. The summed E-state index contributed by atoms with van der Waals surface area (Å²) in [6, 6.07) is 0.722. The van der Waals surface area contributed by atoms with E-state index in [9.17, 15) is 4.79 Å². The van der Waals surface area contributed by atoms with Gasteiger partial charge in [-0.1, -0.05) is 20.3 Å². The fourth-order valence-electron chi connectivity index (χ4n) is 3.32. The lowest BCUT2D eigenvalue weighted by Crippen LogP contribution is -2.48. The monoisotopic (exact) mass is 312 g/mol. The summed E-state index contributed by atoms with van der Waals surface area (Å²) in [6.45, 7) is 16.0. The van der Waals surface area contributed by atoms with E-state index >= 15 is 0 Å². The Balaban J connectivity index is 2.49. The lowest BCUT2D eigenvalue weighted by atomic mass is 9.79. The second-order valence-corrected chi connectivity index (χ2v) is 8.13. The maximum absolute atomic E-state index is 12.3. The molecule has 4 nitrogen and oxygen atoms in total. The van der Waals surface area contributed by atoms with Crippen LogP contribution in [0.3, 0.4) is 0 Å². The maximum Gasteiger partial charge on any atom is 0.410 e. The first-order valence-electron chi connectivity index (χ1n) is 8.85. The summed E-state index contributed by atoms with van der Waals surface area (Å²) >= 11 is 0. The largest absolute Gasteiger partial charge is 0.444 e. The average molecular weight is 312 g/mol. The number of nitrogens with one attached hydrogen (secondary N) is 1. The first-order valence-corrected chi connectivity index (χ1v) is 8.85. The highest BCUT2D eigenvalue weighted by Crippen LogP contribution is 2.28. The lowest BCUT2D eigenvalue weighted by molar-refractivity contribution is 0.0189. The number of carbonyl (C=O) groups excluding carboxylic acids is 1. The molecule has 1 amide bonds. The molecule has 0 saturated heterocycles. The van der Waals surface area contributed by atoms with Gasteiger partial charge >= 0.3 is 6.09 Å². The smallest absolute Gasteiger partial charge is 0.410 e. The summed E-state index contributed by atoms with van der Waals surface area (Å²) < 4.78 is 5.51. The Morgan fingerprint density at radius 2 is 1.77 bits per heavy atom. The number of hydrogen-bond donors (Lipinski definition) is 1. The van der Waals surface area contributed by atoms with Crippen molar-refractivity contribution in [3.8, 4) is 0 Å². The molecular weight excluding hydrogens is 276 g/mol. The van der Waals surface area contributed by atoms with E-state index in [0.29, 0.717) is 12.6 Å². The van der Waals surface area contributed by atoms with Crippen molar-refractivity contribution in [3.63, 3.8) is 0 Å². The van der Waals surface area contributed by atoms with Gasteiger partial charge < -0.3 is 15.0 Å². The van der Waals surface area contributed by atoms with Gasteiger partial charge in [-0.25, -0.2) is 4.79 Å². The van der Waals surface area contributed by atoms with Crippen molar-refractivity contribution in [3.05, 3.63) is 0 Å². The number of nitrogens with zero attached hydrogens (tertiary/aromatic N) is 1. The van der Waals surface area contributed by atoms with Gasteiger partial charge in [0.2, 0.25) is 0 Å². The van der Waals surface area contributed by atoms with Crippen molar-refractivity contribution in [2.24, 2.45) is 11.8 Å². The van der Waals surface area contributed by atoms with Crippen molar-refractivity contribution in [1.82, 2.24) is 10.2 Å². The van der Waals surface area contributed by atoms with Crippen LogP contribution < -0.4 is 5.32 Å². The van der Waals surface area contributed by atoms with E-state index in [1.165, 1.54) is 19.3 Å². The highest BCUT2D eigenvalue weighted by molar-refractivity contribution is 5.68. The Bertz CT molecular complexity index is 339. The molecule has 0 spiro atoms. The molecule has 1 rings (SSSR count). The Morgan fingerprint density at radius 1 is 1.23 bits per heavy atom. The molecule has 0 aromatic rings. The molecule has 1 saturated carbocycles. The van der Waals surface area contributed by atoms with Gasteiger partial charge in [-0.3, -0.25) is 0 Å². The quantitative estimate of drug-likeness (QED) is 0.833. The molecule has 0 aromatic heterocycles. The highest BCUT2D eigenvalue weighted by atomic mass is 16.6. The van der Waals surface area contributed by atoms with Gasteiger partial charge in [-0.2, -0.15) is 0 Å². The second kappa shape index (κ2) is 8.19. The molecule has 1 fully saturated rings. The molecule has 4 heteroatoms. The van der Waals surface area contributed by atoms with Crippen LogP contribution in [0.25, 0.3) is 0 Å². The lowest BCUT2D eigenvalue weighted by Gasteiger charge is -2.36. The fraction of sp³-hybridized carbons (Fsp3) is 0.944. The molecule has 1 aliphatic carbocycles. The van der Waals surface area contributed by atoms with Crippen LogP contribution in [0.1, 0.15) is 67.7 Å². The van der Waals surface area contributed by atoms with Crippen LogP contribution in [0.5, 0.6) is 0 Å². The van der Waals surface area contributed by atoms with Crippen LogP contribution >= 0.6 is 0 Å². The molecule has 1 aliphatic rings. The maximum atomic E-state index is 12.3. The van der Waals surface area contributed by atoms with Crippen LogP contribution in [0.15, 0.2) is 0 Å². The zero-order valence-corrected chi connectivity index (χ0v) is 15.6. The Hall–Kier alpha value is -0.770. The molecule has 0 aromatic carbocycles. The van der Waals surface area contributed by atoms with Crippen LogP contribution in [-0.4, -0.2) is 41.8 Å². The van der Waals surface area contributed by atoms with Crippen molar-refractivity contribution in [2.75, 3.05) is 13.1 Å². The summed E-state index contributed by atoms with van der Waals surface area (Å²) in [7, 11) is 0. The normalized spacial score (nSPS) is 26.1. The SMILES string of the molecule is CC1CCCC(C)C1NCCN(C(=O)OC(C)(C)C)C(C)C. The Kier molecular flexibility index (Phi) is 7.17. The minimum absolute atomic E-state index is 0.151. The van der Waals surface area contributed by atoms with Crippen LogP contribution in [0.4, 0.5) is 4.79 Å². The van der Waals surface area contributed by atoms with Gasteiger partial charge in [0.25, 0.3) is 0 Å². The van der Waals surface area contributed by atoms with Crippen LogP contribution in [0, 0.1) is 11.8 Å². The second-order valence-electron chi connectivity index (χ2n) is 8.13. The zero-order valence-electron chi connectivity index (χ0n) is 15.6. The minimum atomic E-state index is -0.440. The van der Waals surface area contributed by atoms with Gasteiger partial charge in [0.1, 0.15) is 5.60 Å². The average Bonchev–Trinajstić information content (AvgIpc) is 2.34. The molecule has 1 N–H and O–H groups in total. The third kappa shape index (κ3) is 6.15. The van der Waals surface area contributed by atoms with Gasteiger partial charge in [-0.15, -0.1) is 0 Å². The predicted molar refractivity (Wildman–Crippen MR) is 92.0 cm³/mol. The topological polar surface area (TPSA) is 41.6 Å². The molecule has 130 valence electrons. The van der Waals surface area contributed by atoms with E-state index < -0.39 is 5.60 Å². The number of ether oxygens (including phenoxy) is 1. The minimum Gasteiger partial charge on any atom is -0.444 e. The van der Waals surface area contributed by atoms with Crippen molar-refractivity contribution < 1.29 is 9.53 Å². The van der Waals surface area contributed by atoms with Gasteiger partial charge in [0.05, 0.1) is 0 Å². The van der Waals surface area contributed by atoms with Crippen molar-refractivity contribution in [2.45, 2.75) is 85.4 Å². The first kappa shape index (κ1) is 19.3. The third-order valence-corrected chi connectivity index (χ3v) is 4.53. The van der Waals surface area contributed by atoms with Crippen LogP contribution in [-0.2, 0) is 4.74 Å². The van der Waals surface area contributed by atoms with E-state index in [2.05, 4.69) is 19.2 Å². The van der Waals surface area contributed by atoms with Gasteiger partial charge in [0, 0.05) is 25.2 Å². The van der Waals surface area contributed by atoms with Gasteiger partial charge in [-0.05, 0) is 59.3 Å². The molecule has 2 unspecified atom stereocenters. The van der Waals surface area contributed by atoms with Crippen LogP contribution in [0.2, 0.25) is 0 Å². The van der Waals surface area contributed by atoms with Crippen molar-refractivity contribution >= 4 is 6.09 Å². The van der Waals surface area contributed by atoms with E-state index in [4.69, 9.17) is 4.74 Å². The highest BCUT2D eigenvalue weighted by Gasteiger charge is 2.28. The predicted octanol–water partition coefficient (Wildman–Crippen LogP) is 4.05. The molecule has 2 atom stereocenters. The summed E-state index contributed by atoms with van der Waals surface area (Å²) in [5.74, 6) is 1.44. The standard InChI is InChI=1S/C18H36N2O2/c1-13(2)20(17(21)22-18(5,6)7)12-11-19-16-14(3)9-8-10-15(16)4/h13-16,19H,8-12H2,1-7H3. The zero-order chi connectivity index (χ0) is 16.9. The number of carbonyl (C=O) groups is 1. The molecule has 0 bridgehead atoms. The molecule has 0 heterocycles. The molecule has 22 heavy (non-hydrogen) atoms. The summed E-state index contributed by atoms with van der Waals surface area (Å²) in [4.78, 5) is 14.1. The Labute approximate surface area is 137 Å². The van der Waals surface area contributed by atoms with E-state index in [0.717, 1.165) is 18.4 Å². The van der Waals surface area contributed by atoms with E-state index in [1.54, 1.807) is 0 Å². The Morgan fingerprint density at radius 3 is 2.23 bits per heavy atom. The molecule has 0 radical (unpaired) electrons. The number of hydrogen-bond acceptors (Lipinski definition) is 3. The number of amides is 1. The molecular formula is C18H36N2O2. The molecule has 0 aliphatic heterocycles. The van der Waals surface area contributed by atoms with Crippen molar-refractivity contribution in [1.29, 1.82) is 0 Å². The fourth-order valence-corrected chi connectivity index (χ4v) is 3.32. The summed E-state index contributed by atoms with van der Waals surface area (Å²) in [5.41, 5.74) is -0.440. The van der Waals surface area contributed by atoms with Gasteiger partial charge in [0.15, 0.2) is 0 Å². The number of rotatable bonds is 5. The van der Waals surface area contributed by atoms with E-state index in [1.807, 2.05) is 39.5 Å². The third-order valence-electron chi connectivity index (χ3n) is 4.53.